The molecule has 4 heteroatoms. The third kappa shape index (κ3) is 3.12. The molecule has 0 saturated heterocycles. The van der Waals surface area contributed by atoms with Gasteiger partial charge in [-0.25, -0.2) is 4.39 Å². The molecule has 0 amide bonds. The Balaban J connectivity index is 3.00. The second-order valence-corrected chi connectivity index (χ2v) is 4.75. The number of aliphatic hydroxyl groups is 1. The Morgan fingerprint density at radius 2 is 2.19 bits per heavy atom. The van der Waals surface area contributed by atoms with E-state index in [0.717, 1.165) is 12.3 Å². The largest absolute Gasteiger partial charge is 0.389 e. The van der Waals surface area contributed by atoms with Gasteiger partial charge in [0.1, 0.15) is 5.82 Å². The van der Waals surface area contributed by atoms with E-state index in [1.54, 1.807) is 30.8 Å². The monoisotopic (exact) mass is 243 g/mol. The molecule has 0 aliphatic heterocycles. The minimum absolute atomic E-state index is 0.276. The highest BCUT2D eigenvalue weighted by atomic mass is 32.2. The average Bonchev–Trinajstić information content (AvgIpc) is 2.25. The topological polar surface area (TPSA) is 23.5 Å². The number of nitrogens with zero attached hydrogens (tertiary/aromatic N) is 1. The molecule has 0 aromatic heterocycles. The first-order valence-electron chi connectivity index (χ1n) is 5.24. The van der Waals surface area contributed by atoms with Crippen molar-refractivity contribution < 1.29 is 9.50 Å². The molecule has 0 spiro atoms. The smallest absolute Gasteiger partial charge is 0.146 e. The fourth-order valence-electron chi connectivity index (χ4n) is 1.61. The summed E-state index contributed by atoms with van der Waals surface area (Å²) in [7, 11) is 1.85. The third-order valence-corrected chi connectivity index (χ3v) is 3.07. The molecule has 0 aliphatic carbocycles. The van der Waals surface area contributed by atoms with Gasteiger partial charge in [0.2, 0.25) is 0 Å². The lowest BCUT2D eigenvalue weighted by atomic mass is 10.1. The lowest BCUT2D eigenvalue weighted by molar-refractivity contribution is 0.199. The lowest BCUT2D eigenvalue weighted by Gasteiger charge is -2.23. The highest BCUT2D eigenvalue weighted by molar-refractivity contribution is 7.98. The van der Waals surface area contributed by atoms with Crippen LogP contribution in [0.5, 0.6) is 0 Å². The van der Waals surface area contributed by atoms with Crippen LogP contribution in [0.15, 0.2) is 18.2 Å². The van der Waals surface area contributed by atoms with Crippen LogP contribution in [0.25, 0.3) is 0 Å². The van der Waals surface area contributed by atoms with Crippen LogP contribution in [0, 0.1) is 5.82 Å². The molecule has 1 atom stereocenters. The zero-order valence-corrected chi connectivity index (χ0v) is 10.7. The van der Waals surface area contributed by atoms with Crippen molar-refractivity contribution >= 4 is 17.4 Å². The summed E-state index contributed by atoms with van der Waals surface area (Å²) in [6, 6.07) is 4.82. The molecule has 1 N–H and O–H groups in total. The van der Waals surface area contributed by atoms with E-state index in [2.05, 4.69) is 0 Å². The van der Waals surface area contributed by atoms with Gasteiger partial charge in [0, 0.05) is 24.9 Å². The summed E-state index contributed by atoms with van der Waals surface area (Å²) < 4.78 is 13.7. The maximum atomic E-state index is 13.7. The zero-order chi connectivity index (χ0) is 12.1. The van der Waals surface area contributed by atoms with Crippen LogP contribution in [-0.2, 0) is 0 Å². The summed E-state index contributed by atoms with van der Waals surface area (Å²) in [6.07, 6.45) is 1.37. The predicted molar refractivity (Wildman–Crippen MR) is 68.7 cm³/mol. The van der Waals surface area contributed by atoms with E-state index in [-0.39, 0.29) is 5.82 Å². The van der Waals surface area contributed by atoms with Gasteiger partial charge in [0.15, 0.2) is 0 Å². The fraction of sp³-hybridized carbons (Fsp3) is 0.500. The van der Waals surface area contributed by atoms with Gasteiger partial charge in [-0.15, -0.1) is 0 Å². The first-order valence-corrected chi connectivity index (χ1v) is 6.64. The fourth-order valence-corrected chi connectivity index (χ4v) is 2.07. The van der Waals surface area contributed by atoms with E-state index in [1.165, 1.54) is 6.07 Å². The standard InChI is InChI=1S/C12H18FNOS/c1-9(15)10-5-4-6-11(13)12(10)14(2)7-8-16-3/h4-6,9,15H,7-8H2,1-3H3/t9-/m0/s1. The van der Waals surface area contributed by atoms with Crippen LogP contribution in [-0.4, -0.2) is 30.7 Å². The average molecular weight is 243 g/mol. The summed E-state index contributed by atoms with van der Waals surface area (Å²) in [6.45, 7) is 2.42. The molecule has 0 bridgehead atoms. The van der Waals surface area contributed by atoms with E-state index in [9.17, 15) is 9.50 Å². The van der Waals surface area contributed by atoms with Gasteiger partial charge in [-0.1, -0.05) is 12.1 Å². The van der Waals surface area contributed by atoms with E-state index in [1.807, 2.05) is 18.2 Å². The van der Waals surface area contributed by atoms with Crippen LogP contribution in [0.2, 0.25) is 0 Å². The van der Waals surface area contributed by atoms with Crippen molar-refractivity contribution in [2.24, 2.45) is 0 Å². The Hall–Kier alpha value is -0.740. The minimum atomic E-state index is -0.651. The number of thioether (sulfide) groups is 1. The Kier molecular flexibility index (Phi) is 5.09. The minimum Gasteiger partial charge on any atom is -0.389 e. The van der Waals surface area contributed by atoms with Gasteiger partial charge in [0.25, 0.3) is 0 Å². The quantitative estimate of drug-likeness (QED) is 0.860. The number of benzene rings is 1. The van der Waals surface area contributed by atoms with Gasteiger partial charge in [-0.3, -0.25) is 0 Å². The van der Waals surface area contributed by atoms with E-state index in [4.69, 9.17) is 0 Å². The van der Waals surface area contributed by atoms with E-state index < -0.39 is 6.10 Å². The predicted octanol–water partition coefficient (Wildman–Crippen LogP) is 2.68. The Bertz CT molecular complexity index is 344. The van der Waals surface area contributed by atoms with Crippen molar-refractivity contribution in [1.82, 2.24) is 0 Å². The first kappa shape index (κ1) is 13.3. The number of hydrogen-bond donors (Lipinski definition) is 1. The van der Waals surface area contributed by atoms with Gasteiger partial charge >= 0.3 is 0 Å². The van der Waals surface area contributed by atoms with Crippen LogP contribution in [0.3, 0.4) is 0 Å². The van der Waals surface area contributed by atoms with Crippen molar-refractivity contribution in [3.63, 3.8) is 0 Å². The lowest BCUT2D eigenvalue weighted by Crippen LogP contribution is -2.23. The number of para-hydroxylation sites is 1. The van der Waals surface area contributed by atoms with Crippen LogP contribution >= 0.6 is 11.8 Å². The van der Waals surface area contributed by atoms with Crippen LogP contribution in [0.1, 0.15) is 18.6 Å². The van der Waals surface area contributed by atoms with Crippen molar-refractivity contribution in [3.05, 3.63) is 29.6 Å². The Labute approximate surface area is 100 Å². The van der Waals surface area contributed by atoms with Gasteiger partial charge in [-0.2, -0.15) is 11.8 Å². The van der Waals surface area contributed by atoms with Gasteiger partial charge in [-0.05, 0) is 19.2 Å². The molecule has 0 fully saturated rings. The normalized spacial score (nSPS) is 12.6. The third-order valence-electron chi connectivity index (χ3n) is 2.48. The molecule has 16 heavy (non-hydrogen) atoms. The van der Waals surface area contributed by atoms with Gasteiger partial charge < -0.3 is 10.0 Å². The molecule has 1 aromatic carbocycles. The number of halogens is 1. The SMILES string of the molecule is CSCCN(C)c1c(F)cccc1[C@H](C)O. The maximum Gasteiger partial charge on any atom is 0.146 e. The molecule has 1 aromatic rings. The summed E-state index contributed by atoms with van der Waals surface area (Å²) in [4.78, 5) is 1.86. The molecule has 2 nitrogen and oxygen atoms in total. The van der Waals surface area contributed by atoms with E-state index >= 15 is 0 Å². The number of rotatable bonds is 5. The summed E-state index contributed by atoms with van der Waals surface area (Å²) in [5, 5.41) is 9.60. The Morgan fingerprint density at radius 1 is 1.50 bits per heavy atom. The van der Waals surface area contributed by atoms with Gasteiger partial charge in [0.05, 0.1) is 11.8 Å². The summed E-state index contributed by atoms with van der Waals surface area (Å²) in [5.41, 5.74) is 1.15. The highest BCUT2D eigenvalue weighted by Gasteiger charge is 2.15. The Morgan fingerprint density at radius 3 is 2.75 bits per heavy atom. The maximum absolute atomic E-state index is 13.7. The van der Waals surface area contributed by atoms with Crippen LogP contribution < -0.4 is 4.90 Å². The first-order chi connectivity index (χ1) is 7.57. The number of hydrogen-bond acceptors (Lipinski definition) is 3. The number of aliphatic hydroxyl groups excluding tert-OH is 1. The van der Waals surface area contributed by atoms with Crippen molar-refractivity contribution in [3.8, 4) is 0 Å². The molecule has 0 radical (unpaired) electrons. The van der Waals surface area contributed by atoms with Crippen LogP contribution in [0.4, 0.5) is 10.1 Å². The molecule has 0 unspecified atom stereocenters. The summed E-state index contributed by atoms with van der Waals surface area (Å²) in [5.74, 6) is 0.659. The summed E-state index contributed by atoms with van der Waals surface area (Å²) >= 11 is 1.72. The molecule has 0 heterocycles. The number of anilines is 1. The molecule has 90 valence electrons. The molecule has 0 aliphatic rings. The molecule has 1 rings (SSSR count). The molecule has 0 saturated carbocycles. The second kappa shape index (κ2) is 6.11. The zero-order valence-electron chi connectivity index (χ0n) is 9.90. The van der Waals surface area contributed by atoms with Crippen molar-refractivity contribution in [2.45, 2.75) is 13.0 Å². The van der Waals surface area contributed by atoms with E-state index in [0.29, 0.717) is 11.3 Å². The highest BCUT2D eigenvalue weighted by Crippen LogP contribution is 2.28. The molecular weight excluding hydrogens is 225 g/mol. The second-order valence-electron chi connectivity index (χ2n) is 3.77. The van der Waals surface area contributed by atoms with Crippen molar-refractivity contribution in [2.75, 3.05) is 30.5 Å². The van der Waals surface area contributed by atoms with Crippen molar-refractivity contribution in [1.29, 1.82) is 0 Å². The molecular formula is C12H18FNOS.